The summed E-state index contributed by atoms with van der Waals surface area (Å²) in [7, 11) is 0. The fourth-order valence-corrected chi connectivity index (χ4v) is 3.36. The predicted molar refractivity (Wildman–Crippen MR) is 97.6 cm³/mol. The average Bonchev–Trinajstić information content (AvgIpc) is 2.60. The number of nitrogens with two attached hydrogens (primary N) is 1. The first-order valence-electron chi connectivity index (χ1n) is 8.86. The molecule has 2 heterocycles. The van der Waals surface area contributed by atoms with Gasteiger partial charge in [-0.3, -0.25) is 14.5 Å². The number of rotatable bonds is 6. The van der Waals surface area contributed by atoms with Crippen molar-refractivity contribution < 1.29 is 9.53 Å². The maximum absolute atomic E-state index is 12.4. The summed E-state index contributed by atoms with van der Waals surface area (Å²) < 4.78 is 5.87. The van der Waals surface area contributed by atoms with E-state index in [4.69, 9.17) is 10.5 Å². The topological polar surface area (TPSA) is 88.4 Å². The van der Waals surface area contributed by atoms with E-state index in [1.807, 2.05) is 0 Å². The molecule has 0 aliphatic carbocycles. The third-order valence-corrected chi connectivity index (χ3v) is 4.58. The zero-order valence-corrected chi connectivity index (χ0v) is 14.6. The molecule has 1 aliphatic heterocycles. The summed E-state index contributed by atoms with van der Waals surface area (Å²) in [5, 5.41) is 0.489. The number of piperidine rings is 1. The number of nitrogens with one attached hydrogen (secondary N) is 1. The Morgan fingerprint density at radius 3 is 3.00 bits per heavy atom. The number of aromatic nitrogens is 1. The Morgan fingerprint density at radius 2 is 2.24 bits per heavy atom. The van der Waals surface area contributed by atoms with Gasteiger partial charge in [0.15, 0.2) is 5.43 Å². The number of ether oxygens (including phenoxy) is 1. The van der Waals surface area contributed by atoms with Crippen LogP contribution in [0.3, 0.4) is 0 Å². The van der Waals surface area contributed by atoms with Crippen LogP contribution in [0.1, 0.15) is 42.2 Å². The monoisotopic (exact) mass is 343 g/mol. The second kappa shape index (κ2) is 7.80. The van der Waals surface area contributed by atoms with Crippen molar-refractivity contribution in [2.45, 2.75) is 38.8 Å². The van der Waals surface area contributed by atoms with E-state index in [9.17, 15) is 9.59 Å². The van der Waals surface area contributed by atoms with Gasteiger partial charge in [-0.25, -0.2) is 0 Å². The Bertz CT molecular complexity index is 815. The summed E-state index contributed by atoms with van der Waals surface area (Å²) in [6.07, 6.45) is 3.51. The van der Waals surface area contributed by atoms with Gasteiger partial charge in [0.05, 0.1) is 6.10 Å². The fraction of sp³-hybridized carbons (Fsp3) is 0.474. The van der Waals surface area contributed by atoms with E-state index in [0.717, 1.165) is 50.2 Å². The number of carbonyl (C=O) groups excluding carboxylic acids is 1. The lowest BCUT2D eigenvalue weighted by atomic mass is 10.1. The standard InChI is InChI=1S/C19H25N3O3/c1-2-8-25-15-4-3-7-22(12-15)11-14-10-18(23)16-9-13(19(20)24)5-6-17(16)21-14/h5-6,9-10,15H,2-4,7-8,11-12H2,1H3,(H2,20,24)(H,21,23)/t15-/m0/s1. The number of benzene rings is 1. The zero-order chi connectivity index (χ0) is 17.8. The highest BCUT2D eigenvalue weighted by Crippen LogP contribution is 2.17. The Kier molecular flexibility index (Phi) is 5.50. The number of H-pyrrole nitrogens is 1. The van der Waals surface area contributed by atoms with Crippen molar-refractivity contribution in [1.82, 2.24) is 9.88 Å². The smallest absolute Gasteiger partial charge is 0.248 e. The summed E-state index contributed by atoms with van der Waals surface area (Å²) in [4.78, 5) is 29.3. The number of hydrogen-bond donors (Lipinski definition) is 2. The van der Waals surface area contributed by atoms with Crippen LogP contribution in [0.15, 0.2) is 29.1 Å². The first kappa shape index (κ1) is 17.6. The van der Waals surface area contributed by atoms with Gasteiger partial charge in [-0.05, 0) is 44.0 Å². The maximum Gasteiger partial charge on any atom is 0.248 e. The molecule has 134 valence electrons. The summed E-state index contributed by atoms with van der Waals surface area (Å²) in [6.45, 7) is 5.50. The Labute approximate surface area is 147 Å². The number of pyridine rings is 1. The molecule has 6 heteroatoms. The van der Waals surface area contributed by atoms with Crippen molar-refractivity contribution in [2.24, 2.45) is 5.73 Å². The minimum Gasteiger partial charge on any atom is -0.377 e. The second-order valence-electron chi connectivity index (χ2n) is 6.65. The van der Waals surface area contributed by atoms with Crippen LogP contribution in [0.5, 0.6) is 0 Å². The summed E-state index contributed by atoms with van der Waals surface area (Å²) in [5.74, 6) is -0.531. The van der Waals surface area contributed by atoms with Gasteiger partial charge in [-0.2, -0.15) is 0 Å². The molecule has 3 rings (SSSR count). The minimum atomic E-state index is -0.531. The predicted octanol–water partition coefficient (Wildman–Crippen LogP) is 2.02. The lowest BCUT2D eigenvalue weighted by molar-refractivity contribution is -0.00250. The largest absolute Gasteiger partial charge is 0.377 e. The first-order chi connectivity index (χ1) is 12.1. The van der Waals surface area contributed by atoms with Crippen LogP contribution < -0.4 is 11.2 Å². The second-order valence-corrected chi connectivity index (χ2v) is 6.65. The van der Waals surface area contributed by atoms with E-state index in [1.165, 1.54) is 0 Å². The number of fused-ring (bicyclic) bond motifs is 1. The van der Waals surface area contributed by atoms with Crippen molar-refractivity contribution in [3.63, 3.8) is 0 Å². The van der Waals surface area contributed by atoms with Crippen LogP contribution in [-0.4, -0.2) is 41.6 Å². The van der Waals surface area contributed by atoms with Gasteiger partial charge < -0.3 is 15.5 Å². The molecule has 1 saturated heterocycles. The van der Waals surface area contributed by atoms with E-state index in [1.54, 1.807) is 24.3 Å². The SMILES string of the molecule is CCCO[C@H]1CCCN(Cc2cc(=O)c3cc(C(N)=O)ccc3[nH]2)C1. The highest BCUT2D eigenvalue weighted by Gasteiger charge is 2.20. The third-order valence-electron chi connectivity index (χ3n) is 4.58. The van der Waals surface area contributed by atoms with Gasteiger partial charge in [0.1, 0.15) is 0 Å². The molecule has 6 nitrogen and oxygen atoms in total. The van der Waals surface area contributed by atoms with E-state index in [0.29, 0.717) is 17.5 Å². The molecule has 1 fully saturated rings. The molecule has 3 N–H and O–H groups in total. The third kappa shape index (κ3) is 4.27. The van der Waals surface area contributed by atoms with E-state index >= 15 is 0 Å². The fourth-order valence-electron chi connectivity index (χ4n) is 3.36. The number of primary amides is 1. The van der Waals surface area contributed by atoms with Gasteiger partial charge in [-0.1, -0.05) is 6.92 Å². The van der Waals surface area contributed by atoms with Crippen molar-refractivity contribution in [2.75, 3.05) is 19.7 Å². The van der Waals surface area contributed by atoms with Crippen molar-refractivity contribution in [3.8, 4) is 0 Å². The highest BCUT2D eigenvalue weighted by molar-refractivity contribution is 5.96. The summed E-state index contributed by atoms with van der Waals surface area (Å²) >= 11 is 0. The Hall–Kier alpha value is -2.18. The molecule has 1 amide bonds. The Balaban J connectivity index is 1.76. The molecule has 1 atom stereocenters. The van der Waals surface area contributed by atoms with Crippen LogP contribution in [0.2, 0.25) is 0 Å². The molecular weight excluding hydrogens is 318 g/mol. The molecule has 25 heavy (non-hydrogen) atoms. The lowest BCUT2D eigenvalue weighted by Crippen LogP contribution is -2.39. The van der Waals surface area contributed by atoms with Crippen molar-refractivity contribution >= 4 is 16.8 Å². The van der Waals surface area contributed by atoms with Gasteiger partial charge >= 0.3 is 0 Å². The van der Waals surface area contributed by atoms with Crippen LogP contribution in [0, 0.1) is 0 Å². The normalized spacial score (nSPS) is 18.5. The molecule has 0 saturated carbocycles. The summed E-state index contributed by atoms with van der Waals surface area (Å²) in [5.41, 5.74) is 7.14. The molecule has 1 aromatic heterocycles. The molecule has 0 radical (unpaired) electrons. The number of likely N-dealkylation sites (tertiary alicyclic amines) is 1. The number of carbonyl (C=O) groups is 1. The van der Waals surface area contributed by atoms with Gasteiger partial charge in [0.25, 0.3) is 0 Å². The van der Waals surface area contributed by atoms with E-state index in [2.05, 4.69) is 16.8 Å². The molecule has 2 aromatic rings. The zero-order valence-electron chi connectivity index (χ0n) is 14.6. The van der Waals surface area contributed by atoms with Crippen LogP contribution in [-0.2, 0) is 11.3 Å². The van der Waals surface area contributed by atoms with Crippen LogP contribution in [0.25, 0.3) is 10.9 Å². The van der Waals surface area contributed by atoms with Crippen LogP contribution in [0.4, 0.5) is 0 Å². The molecule has 1 aromatic carbocycles. The number of hydrogen-bond acceptors (Lipinski definition) is 4. The van der Waals surface area contributed by atoms with Crippen molar-refractivity contribution in [1.29, 1.82) is 0 Å². The van der Waals surface area contributed by atoms with E-state index in [-0.39, 0.29) is 11.5 Å². The van der Waals surface area contributed by atoms with Gasteiger partial charge in [-0.15, -0.1) is 0 Å². The number of aromatic amines is 1. The molecule has 0 unspecified atom stereocenters. The maximum atomic E-state index is 12.4. The average molecular weight is 343 g/mol. The lowest BCUT2D eigenvalue weighted by Gasteiger charge is -2.32. The molecule has 1 aliphatic rings. The van der Waals surface area contributed by atoms with E-state index < -0.39 is 5.91 Å². The Morgan fingerprint density at radius 1 is 1.40 bits per heavy atom. The number of amides is 1. The van der Waals surface area contributed by atoms with Crippen LogP contribution >= 0.6 is 0 Å². The van der Waals surface area contributed by atoms with Gasteiger partial charge in [0, 0.05) is 47.9 Å². The number of nitrogens with zero attached hydrogens (tertiary/aromatic N) is 1. The minimum absolute atomic E-state index is 0.0948. The molecular formula is C19H25N3O3. The summed E-state index contributed by atoms with van der Waals surface area (Å²) in [6, 6.07) is 6.54. The molecule has 0 spiro atoms. The quantitative estimate of drug-likeness (QED) is 0.840. The van der Waals surface area contributed by atoms with Crippen molar-refractivity contribution in [3.05, 3.63) is 45.7 Å². The first-order valence-corrected chi connectivity index (χ1v) is 8.86. The highest BCUT2D eigenvalue weighted by atomic mass is 16.5. The van der Waals surface area contributed by atoms with Gasteiger partial charge in [0.2, 0.25) is 5.91 Å². The molecule has 0 bridgehead atoms.